The second-order valence-electron chi connectivity index (χ2n) is 11.9. The van der Waals surface area contributed by atoms with E-state index in [1.807, 2.05) is 77.7 Å². The SMILES string of the molecule is CCN(CCCN(CC(=O)Nc1ccc(Oc2ccccc2)cc1)CC(=O)Nc1ccc(Oc2ccccc2)cc1)Cc1ccc(C(=O)O)cc1. The molecule has 0 aromatic heterocycles. The molecule has 10 nitrogen and oxygen atoms in total. The van der Waals surface area contributed by atoms with Crippen molar-refractivity contribution in [2.75, 3.05) is 43.4 Å². The van der Waals surface area contributed by atoms with Gasteiger partial charge in [-0.15, -0.1) is 0 Å². The largest absolute Gasteiger partial charge is 0.478 e. The number of anilines is 2. The van der Waals surface area contributed by atoms with E-state index >= 15 is 0 Å². The van der Waals surface area contributed by atoms with Crippen LogP contribution in [-0.2, 0) is 16.1 Å². The molecule has 0 saturated carbocycles. The summed E-state index contributed by atoms with van der Waals surface area (Å²) in [6, 6.07) is 40.1. The smallest absolute Gasteiger partial charge is 0.335 e. The quantitative estimate of drug-likeness (QED) is 0.0856. The van der Waals surface area contributed by atoms with Gasteiger partial charge in [-0.05, 0) is 110 Å². The van der Waals surface area contributed by atoms with Gasteiger partial charge in [0.1, 0.15) is 23.0 Å². The van der Waals surface area contributed by atoms with Gasteiger partial charge in [-0.2, -0.15) is 0 Å². The first-order valence-corrected chi connectivity index (χ1v) is 16.9. The molecule has 2 amide bonds. The highest BCUT2D eigenvalue weighted by molar-refractivity contribution is 5.94. The number of nitrogens with one attached hydrogen (secondary N) is 2. The van der Waals surface area contributed by atoms with E-state index in [1.54, 1.807) is 60.7 Å². The molecule has 0 atom stereocenters. The molecule has 5 rings (SSSR count). The van der Waals surface area contributed by atoms with Crippen molar-refractivity contribution in [2.45, 2.75) is 19.9 Å². The summed E-state index contributed by atoms with van der Waals surface area (Å²) in [6.45, 7) is 4.77. The summed E-state index contributed by atoms with van der Waals surface area (Å²) in [4.78, 5) is 41.7. The van der Waals surface area contributed by atoms with Gasteiger partial charge in [0.2, 0.25) is 11.8 Å². The van der Waals surface area contributed by atoms with E-state index in [4.69, 9.17) is 9.47 Å². The Morgan fingerprint density at radius 1 is 0.569 bits per heavy atom. The number of ether oxygens (including phenoxy) is 2. The van der Waals surface area contributed by atoms with Crippen molar-refractivity contribution in [3.05, 3.63) is 145 Å². The highest BCUT2D eigenvalue weighted by atomic mass is 16.5. The van der Waals surface area contributed by atoms with Crippen LogP contribution in [0.15, 0.2) is 133 Å². The Labute approximate surface area is 298 Å². The van der Waals surface area contributed by atoms with Crippen molar-refractivity contribution >= 4 is 29.2 Å². The second-order valence-corrected chi connectivity index (χ2v) is 11.9. The number of para-hydroxylation sites is 2. The number of carbonyl (C=O) groups is 3. The summed E-state index contributed by atoms with van der Waals surface area (Å²) in [5, 5.41) is 15.1. The van der Waals surface area contributed by atoms with Crippen molar-refractivity contribution in [3.8, 4) is 23.0 Å². The molecule has 0 fully saturated rings. The summed E-state index contributed by atoms with van der Waals surface area (Å²) in [5.74, 6) is 1.30. The Hall–Kier alpha value is -5.97. The number of rotatable bonds is 18. The van der Waals surface area contributed by atoms with Crippen LogP contribution in [0.3, 0.4) is 0 Å². The molecular weight excluding hydrogens is 644 g/mol. The van der Waals surface area contributed by atoms with Crippen LogP contribution >= 0.6 is 0 Å². The van der Waals surface area contributed by atoms with E-state index in [-0.39, 0.29) is 30.5 Å². The van der Waals surface area contributed by atoms with Crippen LogP contribution in [0.4, 0.5) is 11.4 Å². The van der Waals surface area contributed by atoms with Gasteiger partial charge < -0.3 is 25.2 Å². The summed E-state index contributed by atoms with van der Waals surface area (Å²) in [6.07, 6.45) is 0.707. The minimum Gasteiger partial charge on any atom is -0.478 e. The van der Waals surface area contributed by atoms with Crippen LogP contribution in [0.5, 0.6) is 23.0 Å². The molecule has 0 heterocycles. The Kier molecular flexibility index (Phi) is 13.3. The Bertz CT molecular complexity index is 1730. The first-order valence-electron chi connectivity index (χ1n) is 16.9. The molecule has 10 heteroatoms. The van der Waals surface area contributed by atoms with Crippen LogP contribution in [0.2, 0.25) is 0 Å². The van der Waals surface area contributed by atoms with Gasteiger partial charge in [0.05, 0.1) is 18.7 Å². The molecule has 51 heavy (non-hydrogen) atoms. The van der Waals surface area contributed by atoms with E-state index in [0.717, 1.165) is 30.2 Å². The fourth-order valence-electron chi connectivity index (χ4n) is 5.36. The van der Waals surface area contributed by atoms with Crippen LogP contribution in [0, 0.1) is 0 Å². The van der Waals surface area contributed by atoms with Crippen LogP contribution in [0.25, 0.3) is 0 Å². The number of carbonyl (C=O) groups excluding carboxylic acids is 2. The maximum atomic E-state index is 13.2. The number of benzene rings is 5. The van der Waals surface area contributed by atoms with E-state index in [2.05, 4.69) is 22.5 Å². The molecule has 0 aliphatic carbocycles. The normalized spacial score (nSPS) is 10.9. The summed E-state index contributed by atoms with van der Waals surface area (Å²) in [7, 11) is 0. The molecule has 0 unspecified atom stereocenters. The fraction of sp³-hybridized carbons (Fsp3) is 0.195. The monoisotopic (exact) mass is 686 g/mol. The number of aromatic carboxylic acids is 1. The Morgan fingerprint density at radius 2 is 1.00 bits per heavy atom. The number of hydrogen-bond acceptors (Lipinski definition) is 7. The van der Waals surface area contributed by atoms with Crippen molar-refractivity contribution in [1.82, 2.24) is 9.80 Å². The summed E-state index contributed by atoms with van der Waals surface area (Å²) in [5.41, 5.74) is 2.50. The molecule has 0 radical (unpaired) electrons. The van der Waals surface area contributed by atoms with Crippen LogP contribution < -0.4 is 20.1 Å². The third kappa shape index (κ3) is 12.1. The van der Waals surface area contributed by atoms with Gasteiger partial charge in [-0.1, -0.05) is 55.5 Å². The molecule has 3 N–H and O–H groups in total. The van der Waals surface area contributed by atoms with E-state index in [9.17, 15) is 19.5 Å². The highest BCUT2D eigenvalue weighted by Crippen LogP contribution is 2.24. The average Bonchev–Trinajstić information content (AvgIpc) is 3.14. The van der Waals surface area contributed by atoms with E-state index < -0.39 is 5.97 Å². The Morgan fingerprint density at radius 3 is 1.43 bits per heavy atom. The first-order chi connectivity index (χ1) is 24.8. The van der Waals surface area contributed by atoms with Crippen molar-refractivity contribution < 1.29 is 29.0 Å². The van der Waals surface area contributed by atoms with Crippen molar-refractivity contribution in [1.29, 1.82) is 0 Å². The molecule has 0 aliphatic rings. The number of amides is 2. The van der Waals surface area contributed by atoms with Gasteiger partial charge >= 0.3 is 5.97 Å². The molecule has 0 saturated heterocycles. The predicted octanol–water partition coefficient (Wildman–Crippen LogP) is 7.76. The molecular formula is C41H42N4O6. The molecule has 262 valence electrons. The third-order valence-electron chi connectivity index (χ3n) is 7.97. The minimum atomic E-state index is -0.953. The zero-order valence-electron chi connectivity index (χ0n) is 28.5. The average molecular weight is 687 g/mol. The van der Waals surface area contributed by atoms with Crippen molar-refractivity contribution in [3.63, 3.8) is 0 Å². The minimum absolute atomic E-state index is 0.0162. The zero-order valence-corrected chi connectivity index (χ0v) is 28.5. The maximum absolute atomic E-state index is 13.2. The topological polar surface area (TPSA) is 120 Å². The van der Waals surface area contributed by atoms with E-state index in [0.29, 0.717) is 42.4 Å². The lowest BCUT2D eigenvalue weighted by atomic mass is 10.1. The Balaban J connectivity index is 1.17. The fourth-order valence-corrected chi connectivity index (χ4v) is 5.36. The van der Waals surface area contributed by atoms with Gasteiger partial charge in [-0.3, -0.25) is 19.4 Å². The van der Waals surface area contributed by atoms with Gasteiger partial charge in [0, 0.05) is 24.5 Å². The second kappa shape index (κ2) is 18.7. The lowest BCUT2D eigenvalue weighted by Crippen LogP contribution is -2.40. The molecule has 0 aliphatic heterocycles. The predicted molar refractivity (Wildman–Crippen MR) is 199 cm³/mol. The lowest BCUT2D eigenvalue weighted by molar-refractivity contribution is -0.120. The maximum Gasteiger partial charge on any atom is 0.335 e. The summed E-state index contributed by atoms with van der Waals surface area (Å²) < 4.78 is 11.7. The molecule has 5 aromatic rings. The standard InChI is InChI=1S/C41H42N4O6/c1-2-44(28-31-14-16-32(17-15-31)41(48)49)26-9-27-45(29-39(46)42-33-18-22-37(23-19-33)50-35-10-5-3-6-11-35)30-40(47)43-34-20-24-38(25-21-34)51-36-12-7-4-8-13-36/h3-8,10-25H,2,9,26-30H2,1H3,(H,42,46)(H,43,47)(H,48,49). The van der Waals surface area contributed by atoms with E-state index in [1.165, 1.54) is 0 Å². The molecule has 5 aromatic carbocycles. The third-order valence-corrected chi connectivity index (χ3v) is 7.97. The summed E-state index contributed by atoms with van der Waals surface area (Å²) >= 11 is 0. The highest BCUT2D eigenvalue weighted by Gasteiger charge is 2.16. The number of carboxylic acid groups (broad SMARTS) is 1. The van der Waals surface area contributed by atoms with Gasteiger partial charge in [0.25, 0.3) is 0 Å². The molecule has 0 spiro atoms. The van der Waals surface area contributed by atoms with Crippen LogP contribution in [-0.4, -0.2) is 65.4 Å². The zero-order chi connectivity index (χ0) is 35.8. The van der Waals surface area contributed by atoms with Gasteiger partial charge in [-0.25, -0.2) is 4.79 Å². The first kappa shape index (κ1) is 36.3. The number of hydrogen-bond donors (Lipinski definition) is 3. The van der Waals surface area contributed by atoms with Crippen LogP contribution in [0.1, 0.15) is 29.3 Å². The lowest BCUT2D eigenvalue weighted by Gasteiger charge is -2.25. The van der Waals surface area contributed by atoms with Gasteiger partial charge in [0.15, 0.2) is 0 Å². The number of nitrogens with zero attached hydrogens (tertiary/aromatic N) is 2. The number of carboxylic acids is 1. The molecule has 0 bridgehead atoms. The van der Waals surface area contributed by atoms with Crippen molar-refractivity contribution in [2.24, 2.45) is 0 Å².